The number of likely N-dealkylation sites (tertiary alicyclic amines) is 1. The number of carboxylic acids is 1. The maximum Gasteiger partial charge on any atom is 0.303 e. The Kier molecular flexibility index (Phi) is 7.67. The molecule has 6 atom stereocenters. The van der Waals surface area contributed by atoms with Crippen LogP contribution in [0.15, 0.2) is 60.7 Å². The van der Waals surface area contributed by atoms with E-state index in [9.17, 15) is 33.5 Å². The summed E-state index contributed by atoms with van der Waals surface area (Å²) < 4.78 is 14.1. The van der Waals surface area contributed by atoms with Gasteiger partial charge in [-0.05, 0) is 62.3 Å². The standard InChI is InChI=1S/C34H32ClFN2O7/c1-3-6-17-7-4-8-21(29(17)41)28-19-11-12-20-27(32(44)37(30(20)42)14-5-9-26(39)40)22(19)16-23-31(43)38(33(45)34(23,28)2)18-10-13-25(36)24(35)15-18/h3-4,7-8,10-11,13,15,20,22-23,27-28,41H,1,5-6,9,12,14,16H2,2H3,(H,39,40)/t20-,22+,23-,27-,28+,34+/m0/s1. The minimum absolute atomic E-state index is 0.0233. The van der Waals surface area contributed by atoms with Crippen molar-refractivity contribution in [3.63, 3.8) is 0 Å². The zero-order valence-corrected chi connectivity index (χ0v) is 25.3. The number of rotatable bonds is 8. The SMILES string of the molecule is C=CCc1cccc([C@H]2C3=CC[C@@H]4C(=O)N(CCCC(=O)O)C(=O)[C@@H]4[C@@H]3C[C@H]3C(=O)N(c4ccc(F)c(Cl)c4)C(=O)[C@@]23C)c1O. The number of carboxylic acid groups (broad SMARTS) is 1. The quantitative estimate of drug-likeness (QED) is 0.308. The predicted octanol–water partition coefficient (Wildman–Crippen LogP) is 5.01. The molecule has 0 radical (unpaired) electrons. The van der Waals surface area contributed by atoms with Crippen LogP contribution in [0, 0.1) is 34.9 Å². The van der Waals surface area contributed by atoms with E-state index in [0.29, 0.717) is 23.1 Å². The minimum Gasteiger partial charge on any atom is -0.507 e. The van der Waals surface area contributed by atoms with Crippen molar-refractivity contribution in [2.24, 2.45) is 29.1 Å². The van der Waals surface area contributed by atoms with Crippen molar-refractivity contribution in [1.29, 1.82) is 0 Å². The second kappa shape index (κ2) is 11.2. The fraction of sp³-hybridized carbons (Fsp3) is 0.382. The molecule has 2 saturated heterocycles. The van der Waals surface area contributed by atoms with Gasteiger partial charge in [0.25, 0.3) is 0 Å². The van der Waals surface area contributed by atoms with Gasteiger partial charge < -0.3 is 10.2 Å². The van der Waals surface area contributed by atoms with Crippen LogP contribution < -0.4 is 4.90 Å². The highest BCUT2D eigenvalue weighted by atomic mass is 35.5. The maximum absolute atomic E-state index is 14.5. The van der Waals surface area contributed by atoms with E-state index in [1.54, 1.807) is 31.2 Å². The van der Waals surface area contributed by atoms with Crippen molar-refractivity contribution in [2.45, 2.75) is 44.9 Å². The predicted molar refractivity (Wildman–Crippen MR) is 162 cm³/mol. The molecule has 0 bridgehead atoms. The van der Waals surface area contributed by atoms with Gasteiger partial charge in [0.15, 0.2) is 0 Å². The highest BCUT2D eigenvalue weighted by molar-refractivity contribution is 6.31. The lowest BCUT2D eigenvalue weighted by Crippen LogP contribution is -2.49. The van der Waals surface area contributed by atoms with Crippen LogP contribution in [0.3, 0.4) is 0 Å². The summed E-state index contributed by atoms with van der Waals surface area (Å²) in [5, 5.41) is 20.4. The molecule has 2 aliphatic heterocycles. The molecule has 6 rings (SSSR count). The Morgan fingerprint density at radius 1 is 1.13 bits per heavy atom. The van der Waals surface area contributed by atoms with Crippen LogP contribution in [0.1, 0.15) is 49.7 Å². The largest absolute Gasteiger partial charge is 0.507 e. The first-order valence-corrected chi connectivity index (χ1v) is 15.3. The molecule has 0 spiro atoms. The Morgan fingerprint density at radius 3 is 2.58 bits per heavy atom. The van der Waals surface area contributed by atoms with Crippen LogP contribution >= 0.6 is 11.6 Å². The van der Waals surface area contributed by atoms with Crippen molar-refractivity contribution in [1.82, 2.24) is 4.90 Å². The van der Waals surface area contributed by atoms with Crippen LogP contribution in [0.4, 0.5) is 10.1 Å². The van der Waals surface area contributed by atoms with Gasteiger partial charge in [0, 0.05) is 24.4 Å². The number of aromatic hydroxyl groups is 1. The van der Waals surface area contributed by atoms with E-state index >= 15 is 0 Å². The second-order valence-corrected chi connectivity index (χ2v) is 12.8. The van der Waals surface area contributed by atoms with Crippen LogP contribution in [0.2, 0.25) is 5.02 Å². The van der Waals surface area contributed by atoms with Gasteiger partial charge in [-0.15, -0.1) is 6.58 Å². The molecule has 2 aromatic rings. The molecular formula is C34H32ClFN2O7. The third kappa shape index (κ3) is 4.60. The van der Waals surface area contributed by atoms with Crippen LogP contribution in [0.25, 0.3) is 0 Å². The maximum atomic E-state index is 14.5. The first-order valence-electron chi connectivity index (χ1n) is 14.9. The van der Waals surface area contributed by atoms with E-state index in [-0.39, 0.29) is 54.6 Å². The van der Waals surface area contributed by atoms with Gasteiger partial charge >= 0.3 is 5.97 Å². The number of fused-ring (bicyclic) bond motifs is 4. The van der Waals surface area contributed by atoms with E-state index in [1.807, 2.05) is 6.08 Å². The molecule has 2 heterocycles. The van der Waals surface area contributed by atoms with Gasteiger partial charge in [-0.25, -0.2) is 9.29 Å². The Bertz CT molecular complexity index is 1710. The summed E-state index contributed by atoms with van der Waals surface area (Å²) in [6, 6.07) is 8.83. The van der Waals surface area contributed by atoms with E-state index in [1.165, 1.54) is 12.1 Å². The number of imide groups is 2. The van der Waals surface area contributed by atoms with E-state index in [4.69, 9.17) is 16.7 Å². The number of nitrogens with zero attached hydrogens (tertiary/aromatic N) is 2. The minimum atomic E-state index is -1.40. The molecular weight excluding hydrogens is 603 g/mol. The van der Waals surface area contributed by atoms with Gasteiger partial charge in [-0.1, -0.05) is 47.5 Å². The summed E-state index contributed by atoms with van der Waals surface area (Å²) in [5.41, 5.74) is 0.419. The molecule has 2 N–H and O–H groups in total. The molecule has 4 amide bonds. The van der Waals surface area contributed by atoms with Gasteiger partial charge in [0.2, 0.25) is 23.6 Å². The zero-order chi connectivity index (χ0) is 32.4. The van der Waals surface area contributed by atoms with Crippen LogP contribution in [-0.4, -0.2) is 51.3 Å². The number of para-hydroxylation sites is 1. The summed E-state index contributed by atoms with van der Waals surface area (Å²) in [6.07, 6.45) is 4.12. The summed E-state index contributed by atoms with van der Waals surface area (Å²) >= 11 is 6.04. The average molecular weight is 635 g/mol. The number of hydrogen-bond donors (Lipinski definition) is 2. The monoisotopic (exact) mass is 634 g/mol. The number of anilines is 1. The van der Waals surface area contributed by atoms with Crippen LogP contribution in [0.5, 0.6) is 5.75 Å². The molecule has 2 aliphatic carbocycles. The van der Waals surface area contributed by atoms with E-state index in [0.717, 1.165) is 15.9 Å². The second-order valence-electron chi connectivity index (χ2n) is 12.4. The molecule has 0 unspecified atom stereocenters. The number of phenols is 1. The van der Waals surface area contributed by atoms with Crippen molar-refractivity contribution in [2.75, 3.05) is 11.4 Å². The molecule has 4 aliphatic rings. The molecule has 9 nitrogen and oxygen atoms in total. The Labute approximate surface area is 263 Å². The summed E-state index contributed by atoms with van der Waals surface area (Å²) in [4.78, 5) is 69.2. The molecule has 0 aromatic heterocycles. The third-order valence-corrected chi connectivity index (χ3v) is 10.4. The Hall–Kier alpha value is -4.31. The van der Waals surface area contributed by atoms with Crippen molar-refractivity contribution < 1.29 is 38.6 Å². The van der Waals surface area contributed by atoms with Crippen molar-refractivity contribution >= 4 is 46.9 Å². The highest BCUT2D eigenvalue weighted by Crippen LogP contribution is 2.64. The summed E-state index contributed by atoms with van der Waals surface area (Å²) in [7, 11) is 0. The number of carbonyl (C=O) groups is 5. The van der Waals surface area contributed by atoms with Gasteiger partial charge in [-0.2, -0.15) is 0 Å². The third-order valence-electron chi connectivity index (χ3n) is 10.1. The summed E-state index contributed by atoms with van der Waals surface area (Å²) in [6.45, 7) is 5.44. The normalized spacial score (nSPS) is 29.0. The number of halogens is 2. The van der Waals surface area contributed by atoms with Crippen molar-refractivity contribution in [3.05, 3.63) is 82.7 Å². The fourth-order valence-electron chi connectivity index (χ4n) is 8.07. The molecule has 3 fully saturated rings. The molecule has 45 heavy (non-hydrogen) atoms. The van der Waals surface area contributed by atoms with Gasteiger partial charge in [-0.3, -0.25) is 28.9 Å². The lowest BCUT2D eigenvalue weighted by molar-refractivity contribution is -0.142. The number of amides is 4. The van der Waals surface area contributed by atoms with E-state index < -0.39 is 64.5 Å². The Morgan fingerprint density at radius 2 is 1.89 bits per heavy atom. The average Bonchev–Trinajstić information content (AvgIpc) is 3.35. The number of phenolic OH excluding ortho intramolecular Hbond substituents is 1. The van der Waals surface area contributed by atoms with Gasteiger partial charge in [0.1, 0.15) is 11.6 Å². The van der Waals surface area contributed by atoms with Crippen molar-refractivity contribution in [3.8, 4) is 5.75 Å². The smallest absolute Gasteiger partial charge is 0.303 e. The number of hydrogen-bond acceptors (Lipinski definition) is 6. The topological polar surface area (TPSA) is 132 Å². The van der Waals surface area contributed by atoms with Crippen LogP contribution in [-0.2, 0) is 30.4 Å². The fourth-order valence-corrected chi connectivity index (χ4v) is 8.24. The molecule has 11 heteroatoms. The zero-order valence-electron chi connectivity index (χ0n) is 24.5. The number of allylic oxidation sites excluding steroid dienone is 3. The first kappa shape index (κ1) is 30.7. The number of carbonyl (C=O) groups excluding carboxylic acids is 4. The molecule has 2 aromatic carbocycles. The first-order chi connectivity index (χ1) is 21.4. The molecule has 234 valence electrons. The highest BCUT2D eigenvalue weighted by Gasteiger charge is 2.67. The van der Waals surface area contributed by atoms with Gasteiger partial charge in [0.05, 0.1) is 33.9 Å². The lowest BCUT2D eigenvalue weighted by atomic mass is 9.51. The lowest BCUT2D eigenvalue weighted by Gasteiger charge is -2.49. The summed E-state index contributed by atoms with van der Waals surface area (Å²) in [5.74, 6) is -7.48. The van der Waals surface area contributed by atoms with E-state index in [2.05, 4.69) is 6.58 Å². The number of benzene rings is 2. The Balaban J connectivity index is 1.48. The molecule has 1 saturated carbocycles. The number of aliphatic carboxylic acids is 1.